The van der Waals surface area contributed by atoms with E-state index in [9.17, 15) is 9.90 Å². The van der Waals surface area contributed by atoms with Crippen LogP contribution in [0, 0.1) is 0 Å². The second-order valence-electron chi connectivity index (χ2n) is 4.61. The SMILES string of the molecule is CCCc1nc(-c2ccc3nccnc3c2)sc1C(=O)O. The molecular formula is C15H13N3O2S. The number of hydrogen-bond acceptors (Lipinski definition) is 5. The van der Waals surface area contributed by atoms with Crippen molar-refractivity contribution in [2.24, 2.45) is 0 Å². The highest BCUT2D eigenvalue weighted by Gasteiger charge is 2.17. The Kier molecular flexibility index (Phi) is 3.62. The van der Waals surface area contributed by atoms with Crippen molar-refractivity contribution < 1.29 is 9.90 Å². The number of carboxylic acid groups (broad SMARTS) is 1. The molecule has 0 atom stereocenters. The Balaban J connectivity index is 2.09. The molecule has 3 aromatic rings. The number of benzene rings is 1. The van der Waals surface area contributed by atoms with Crippen LogP contribution in [0.2, 0.25) is 0 Å². The molecule has 0 saturated heterocycles. The van der Waals surface area contributed by atoms with Crippen molar-refractivity contribution in [1.82, 2.24) is 15.0 Å². The highest BCUT2D eigenvalue weighted by Crippen LogP contribution is 2.30. The summed E-state index contributed by atoms with van der Waals surface area (Å²) in [6.45, 7) is 2.01. The Morgan fingerprint density at radius 1 is 1.24 bits per heavy atom. The fraction of sp³-hybridized carbons (Fsp3) is 0.200. The first-order valence-corrected chi connectivity index (χ1v) is 7.45. The molecule has 21 heavy (non-hydrogen) atoms. The molecule has 3 rings (SSSR count). The van der Waals surface area contributed by atoms with Crippen LogP contribution < -0.4 is 0 Å². The van der Waals surface area contributed by atoms with Crippen LogP contribution in [0.5, 0.6) is 0 Å². The van der Waals surface area contributed by atoms with E-state index < -0.39 is 5.97 Å². The monoisotopic (exact) mass is 299 g/mol. The summed E-state index contributed by atoms with van der Waals surface area (Å²) < 4.78 is 0. The molecule has 1 N–H and O–H groups in total. The third-order valence-electron chi connectivity index (χ3n) is 3.09. The second kappa shape index (κ2) is 5.57. The van der Waals surface area contributed by atoms with Crippen LogP contribution in [0.3, 0.4) is 0 Å². The molecule has 0 aliphatic carbocycles. The summed E-state index contributed by atoms with van der Waals surface area (Å²) in [5.74, 6) is -0.914. The van der Waals surface area contributed by atoms with E-state index in [1.54, 1.807) is 12.4 Å². The molecule has 0 radical (unpaired) electrons. The van der Waals surface area contributed by atoms with Gasteiger partial charge >= 0.3 is 5.97 Å². The Bertz CT molecular complexity index is 814. The number of aromatic carboxylic acids is 1. The third kappa shape index (κ3) is 2.62. The Morgan fingerprint density at radius 2 is 2.00 bits per heavy atom. The first kappa shape index (κ1) is 13.6. The molecule has 5 nitrogen and oxygen atoms in total. The molecule has 6 heteroatoms. The molecule has 0 aliphatic rings. The van der Waals surface area contributed by atoms with Crippen molar-refractivity contribution in [1.29, 1.82) is 0 Å². The number of rotatable bonds is 4. The van der Waals surface area contributed by atoms with Gasteiger partial charge in [0.15, 0.2) is 0 Å². The maximum Gasteiger partial charge on any atom is 0.347 e. The van der Waals surface area contributed by atoms with Crippen LogP contribution in [0.15, 0.2) is 30.6 Å². The zero-order chi connectivity index (χ0) is 14.8. The zero-order valence-electron chi connectivity index (χ0n) is 11.4. The summed E-state index contributed by atoms with van der Waals surface area (Å²) in [7, 11) is 0. The number of aryl methyl sites for hydroxylation is 1. The maximum atomic E-state index is 11.3. The standard InChI is InChI=1S/C15H13N3O2S/c1-2-3-11-13(15(19)20)21-14(18-11)9-4-5-10-12(8-9)17-7-6-16-10/h4-8H,2-3H2,1H3,(H,19,20). The van der Waals surface area contributed by atoms with Crippen LogP contribution >= 0.6 is 11.3 Å². The topological polar surface area (TPSA) is 76.0 Å². The van der Waals surface area contributed by atoms with E-state index in [1.165, 1.54) is 11.3 Å². The number of nitrogens with zero attached hydrogens (tertiary/aromatic N) is 3. The van der Waals surface area contributed by atoms with Gasteiger partial charge in [-0.25, -0.2) is 9.78 Å². The fourth-order valence-electron chi connectivity index (χ4n) is 2.14. The number of carbonyl (C=O) groups is 1. The molecule has 0 amide bonds. The van der Waals surface area contributed by atoms with E-state index >= 15 is 0 Å². The van der Waals surface area contributed by atoms with Crippen molar-refractivity contribution in [3.8, 4) is 10.6 Å². The van der Waals surface area contributed by atoms with Gasteiger partial charge in [-0.15, -0.1) is 11.3 Å². The van der Waals surface area contributed by atoms with Gasteiger partial charge < -0.3 is 5.11 Å². The maximum absolute atomic E-state index is 11.3. The minimum Gasteiger partial charge on any atom is -0.477 e. The van der Waals surface area contributed by atoms with Gasteiger partial charge in [-0.3, -0.25) is 9.97 Å². The van der Waals surface area contributed by atoms with Gasteiger partial charge in [0.1, 0.15) is 9.88 Å². The van der Waals surface area contributed by atoms with Gasteiger partial charge in [0.05, 0.1) is 16.7 Å². The lowest BCUT2D eigenvalue weighted by Crippen LogP contribution is -1.98. The van der Waals surface area contributed by atoms with Crippen molar-refractivity contribution >= 4 is 28.3 Å². The first-order valence-electron chi connectivity index (χ1n) is 6.63. The average molecular weight is 299 g/mol. The summed E-state index contributed by atoms with van der Waals surface area (Å²) in [5, 5.41) is 9.98. The lowest BCUT2D eigenvalue weighted by molar-refractivity contribution is 0.0700. The Labute approximate surface area is 125 Å². The van der Waals surface area contributed by atoms with Crippen molar-refractivity contribution in [2.45, 2.75) is 19.8 Å². The van der Waals surface area contributed by atoms with E-state index in [1.807, 2.05) is 25.1 Å². The predicted molar refractivity (Wildman–Crippen MR) is 81.6 cm³/mol. The number of thiazole rings is 1. The summed E-state index contributed by atoms with van der Waals surface area (Å²) in [5.41, 5.74) is 3.12. The van der Waals surface area contributed by atoms with E-state index in [2.05, 4.69) is 15.0 Å². The fourth-order valence-corrected chi connectivity index (χ4v) is 3.09. The summed E-state index contributed by atoms with van der Waals surface area (Å²) >= 11 is 1.21. The van der Waals surface area contributed by atoms with Crippen LogP contribution in [0.4, 0.5) is 0 Å². The van der Waals surface area contributed by atoms with Crippen LogP contribution in [-0.4, -0.2) is 26.0 Å². The van der Waals surface area contributed by atoms with Crippen molar-refractivity contribution in [3.63, 3.8) is 0 Å². The quantitative estimate of drug-likeness (QED) is 0.799. The van der Waals surface area contributed by atoms with Gasteiger partial charge in [-0.1, -0.05) is 13.3 Å². The van der Waals surface area contributed by atoms with Gasteiger partial charge in [0.2, 0.25) is 0 Å². The molecule has 0 bridgehead atoms. The van der Waals surface area contributed by atoms with E-state index in [4.69, 9.17) is 0 Å². The van der Waals surface area contributed by atoms with Crippen molar-refractivity contribution in [2.75, 3.05) is 0 Å². The lowest BCUT2D eigenvalue weighted by Gasteiger charge is -1.99. The minimum atomic E-state index is -0.914. The number of fused-ring (bicyclic) bond motifs is 1. The number of carboxylic acids is 1. The first-order chi connectivity index (χ1) is 10.2. The molecule has 0 spiro atoms. The van der Waals surface area contributed by atoms with E-state index in [0.29, 0.717) is 22.0 Å². The number of hydrogen-bond donors (Lipinski definition) is 1. The molecule has 0 saturated carbocycles. The zero-order valence-corrected chi connectivity index (χ0v) is 12.2. The summed E-state index contributed by atoms with van der Waals surface area (Å²) in [4.78, 5) is 24.6. The second-order valence-corrected chi connectivity index (χ2v) is 5.61. The molecule has 0 aliphatic heterocycles. The number of aromatic nitrogens is 3. The van der Waals surface area contributed by atoms with Crippen molar-refractivity contribution in [3.05, 3.63) is 41.2 Å². The highest BCUT2D eigenvalue weighted by molar-refractivity contribution is 7.17. The molecule has 0 unspecified atom stereocenters. The van der Waals surface area contributed by atoms with Gasteiger partial charge in [-0.2, -0.15) is 0 Å². The summed E-state index contributed by atoms with van der Waals surface area (Å²) in [6, 6.07) is 5.67. The Morgan fingerprint density at radius 3 is 2.71 bits per heavy atom. The lowest BCUT2D eigenvalue weighted by atomic mass is 10.2. The molecule has 0 fully saturated rings. The predicted octanol–water partition coefficient (Wildman–Crippen LogP) is 3.40. The average Bonchev–Trinajstić information content (AvgIpc) is 2.91. The molecule has 2 aromatic heterocycles. The Hall–Kier alpha value is -2.34. The molecule has 1 aromatic carbocycles. The van der Waals surface area contributed by atoms with Gasteiger partial charge in [0.25, 0.3) is 0 Å². The molecular weight excluding hydrogens is 286 g/mol. The summed E-state index contributed by atoms with van der Waals surface area (Å²) in [6.07, 6.45) is 4.82. The van der Waals surface area contributed by atoms with Crippen LogP contribution in [-0.2, 0) is 6.42 Å². The minimum absolute atomic E-state index is 0.325. The van der Waals surface area contributed by atoms with Gasteiger partial charge in [-0.05, 0) is 24.6 Å². The van der Waals surface area contributed by atoms with E-state index in [-0.39, 0.29) is 0 Å². The van der Waals surface area contributed by atoms with E-state index in [0.717, 1.165) is 23.0 Å². The highest BCUT2D eigenvalue weighted by atomic mass is 32.1. The largest absolute Gasteiger partial charge is 0.477 e. The molecule has 106 valence electrons. The molecule has 2 heterocycles. The van der Waals surface area contributed by atoms with Crippen LogP contribution in [0.25, 0.3) is 21.6 Å². The third-order valence-corrected chi connectivity index (χ3v) is 4.23. The van der Waals surface area contributed by atoms with Crippen LogP contribution in [0.1, 0.15) is 28.7 Å². The smallest absolute Gasteiger partial charge is 0.347 e. The normalized spacial score (nSPS) is 10.9. The van der Waals surface area contributed by atoms with Gasteiger partial charge in [0, 0.05) is 18.0 Å².